The first kappa shape index (κ1) is 22.7. The second kappa shape index (κ2) is 9.04. The summed E-state index contributed by atoms with van der Waals surface area (Å²) in [4.78, 5) is -0.0880. The summed E-state index contributed by atoms with van der Waals surface area (Å²) < 4.78 is 65.2. The molecule has 2 N–H and O–H groups in total. The third-order valence-corrected chi connectivity index (χ3v) is 7.26. The average molecular weight is 483 g/mol. The summed E-state index contributed by atoms with van der Waals surface area (Å²) in [6, 6.07) is 15.7. The fourth-order valence-electron chi connectivity index (χ4n) is 2.60. The minimum absolute atomic E-state index is 0.0289. The molecule has 164 valence electrons. The number of nitrogens with one attached hydrogen (secondary N) is 2. The number of ether oxygens (including phenoxy) is 2. The molecule has 0 unspecified atom stereocenters. The molecule has 8 nitrogen and oxygen atoms in total. The normalized spacial score (nSPS) is 11.6. The van der Waals surface area contributed by atoms with Gasteiger partial charge in [0.2, 0.25) is 0 Å². The van der Waals surface area contributed by atoms with Gasteiger partial charge in [-0.25, -0.2) is 16.8 Å². The SMILES string of the molecule is COc1ccc(NS(=O)(=O)c2ccc(NS(=O)(=O)c3ccc(OC)c(Cl)c3)cc2)cc1. The maximum atomic E-state index is 12.6. The number of anilines is 2. The van der Waals surface area contributed by atoms with Crippen molar-refractivity contribution < 1.29 is 26.3 Å². The van der Waals surface area contributed by atoms with Crippen LogP contribution in [0.5, 0.6) is 11.5 Å². The Kier molecular flexibility index (Phi) is 6.63. The zero-order valence-corrected chi connectivity index (χ0v) is 18.9. The second-order valence-corrected chi connectivity index (χ2v) is 10.0. The average Bonchev–Trinajstić information content (AvgIpc) is 2.74. The van der Waals surface area contributed by atoms with E-state index in [1.54, 1.807) is 24.3 Å². The molecule has 0 bridgehead atoms. The third kappa shape index (κ3) is 5.40. The van der Waals surface area contributed by atoms with Crippen molar-refractivity contribution in [2.24, 2.45) is 0 Å². The summed E-state index contributed by atoms with van der Waals surface area (Å²) in [6.07, 6.45) is 0. The Morgan fingerprint density at radius 2 is 1.16 bits per heavy atom. The summed E-state index contributed by atoms with van der Waals surface area (Å²) >= 11 is 6.00. The number of methoxy groups -OCH3 is 2. The quantitative estimate of drug-likeness (QED) is 0.502. The molecule has 11 heteroatoms. The lowest BCUT2D eigenvalue weighted by Gasteiger charge is -2.11. The van der Waals surface area contributed by atoms with Gasteiger partial charge in [-0.1, -0.05) is 11.6 Å². The van der Waals surface area contributed by atoms with E-state index in [0.29, 0.717) is 17.2 Å². The van der Waals surface area contributed by atoms with Gasteiger partial charge in [-0.2, -0.15) is 0 Å². The van der Waals surface area contributed by atoms with Crippen LogP contribution in [0.2, 0.25) is 5.02 Å². The highest BCUT2D eigenvalue weighted by molar-refractivity contribution is 7.93. The van der Waals surface area contributed by atoms with Gasteiger partial charge >= 0.3 is 0 Å². The number of sulfonamides is 2. The van der Waals surface area contributed by atoms with E-state index in [9.17, 15) is 16.8 Å². The van der Waals surface area contributed by atoms with Crippen molar-refractivity contribution in [1.29, 1.82) is 0 Å². The predicted molar refractivity (Wildman–Crippen MR) is 119 cm³/mol. The van der Waals surface area contributed by atoms with Gasteiger partial charge in [-0.3, -0.25) is 9.44 Å². The fraction of sp³-hybridized carbons (Fsp3) is 0.100. The first-order valence-electron chi connectivity index (χ1n) is 8.78. The molecule has 0 fully saturated rings. The standard InChI is InChI=1S/C20H19ClN2O6S2/c1-28-16-7-3-14(4-8-16)22-30(24,25)17-9-5-15(6-10-17)23-31(26,27)18-11-12-20(29-2)19(21)13-18/h3-13,22-23H,1-2H3. The number of halogens is 1. The largest absolute Gasteiger partial charge is 0.497 e. The van der Waals surface area contributed by atoms with E-state index in [1.165, 1.54) is 56.7 Å². The highest BCUT2D eigenvalue weighted by atomic mass is 35.5. The van der Waals surface area contributed by atoms with Crippen LogP contribution in [0.25, 0.3) is 0 Å². The van der Waals surface area contributed by atoms with Gasteiger partial charge in [-0.15, -0.1) is 0 Å². The highest BCUT2D eigenvalue weighted by Gasteiger charge is 2.18. The van der Waals surface area contributed by atoms with Crippen molar-refractivity contribution in [3.05, 3.63) is 71.8 Å². The lowest BCUT2D eigenvalue weighted by atomic mass is 10.3. The predicted octanol–water partition coefficient (Wildman–Crippen LogP) is 3.96. The lowest BCUT2D eigenvalue weighted by Crippen LogP contribution is -2.14. The van der Waals surface area contributed by atoms with Crippen LogP contribution < -0.4 is 18.9 Å². The zero-order valence-electron chi connectivity index (χ0n) is 16.5. The van der Waals surface area contributed by atoms with E-state index >= 15 is 0 Å². The van der Waals surface area contributed by atoms with Gasteiger partial charge in [0.05, 0.1) is 29.0 Å². The minimum Gasteiger partial charge on any atom is -0.497 e. The highest BCUT2D eigenvalue weighted by Crippen LogP contribution is 2.28. The molecule has 0 aliphatic carbocycles. The summed E-state index contributed by atoms with van der Waals surface area (Å²) in [5.41, 5.74) is 0.553. The van der Waals surface area contributed by atoms with Gasteiger partial charge < -0.3 is 9.47 Å². The molecule has 3 rings (SSSR count). The summed E-state index contributed by atoms with van der Waals surface area (Å²) in [6.45, 7) is 0. The van der Waals surface area contributed by atoms with E-state index in [1.807, 2.05) is 0 Å². The summed E-state index contributed by atoms with van der Waals surface area (Å²) in [5, 5.41) is 0.149. The van der Waals surface area contributed by atoms with Crippen molar-refractivity contribution in [1.82, 2.24) is 0 Å². The van der Waals surface area contributed by atoms with Crippen LogP contribution in [0.3, 0.4) is 0 Å². The molecule has 0 atom stereocenters. The third-order valence-electron chi connectivity index (χ3n) is 4.19. The summed E-state index contributed by atoms with van der Waals surface area (Å²) in [7, 11) is -4.85. The van der Waals surface area contributed by atoms with Crippen molar-refractivity contribution in [3.63, 3.8) is 0 Å². The van der Waals surface area contributed by atoms with Gasteiger partial charge in [0.1, 0.15) is 11.5 Å². The Hall–Kier alpha value is -2.95. The van der Waals surface area contributed by atoms with Gasteiger partial charge in [0.25, 0.3) is 20.0 Å². The number of hydrogen-bond donors (Lipinski definition) is 2. The molecule has 0 aromatic heterocycles. The van der Waals surface area contributed by atoms with Crippen LogP contribution in [0.4, 0.5) is 11.4 Å². The molecule has 0 aliphatic heterocycles. The monoisotopic (exact) mass is 482 g/mol. The first-order chi connectivity index (χ1) is 14.6. The molecular formula is C20H19ClN2O6S2. The van der Waals surface area contributed by atoms with Gasteiger partial charge in [0, 0.05) is 11.4 Å². The Balaban J connectivity index is 1.76. The molecule has 0 amide bonds. The van der Waals surface area contributed by atoms with E-state index in [0.717, 1.165) is 0 Å². The van der Waals surface area contributed by atoms with E-state index in [2.05, 4.69) is 9.44 Å². The first-order valence-corrected chi connectivity index (χ1v) is 12.1. The molecule has 0 spiro atoms. The van der Waals surface area contributed by atoms with E-state index < -0.39 is 20.0 Å². The molecular weight excluding hydrogens is 464 g/mol. The maximum Gasteiger partial charge on any atom is 0.261 e. The van der Waals surface area contributed by atoms with Gasteiger partial charge in [0.15, 0.2) is 0 Å². The molecule has 0 saturated heterocycles. The number of rotatable bonds is 8. The van der Waals surface area contributed by atoms with Crippen molar-refractivity contribution in [2.45, 2.75) is 9.79 Å². The number of hydrogen-bond acceptors (Lipinski definition) is 6. The molecule has 3 aromatic rings. The minimum atomic E-state index is -3.93. The lowest BCUT2D eigenvalue weighted by molar-refractivity contribution is 0.414. The van der Waals surface area contributed by atoms with E-state index in [4.69, 9.17) is 21.1 Å². The molecule has 3 aromatic carbocycles. The zero-order chi connectivity index (χ0) is 22.6. The van der Waals surface area contributed by atoms with Crippen LogP contribution in [-0.2, 0) is 20.0 Å². The molecule has 31 heavy (non-hydrogen) atoms. The van der Waals surface area contributed by atoms with Crippen LogP contribution in [0.1, 0.15) is 0 Å². The molecule has 0 heterocycles. The molecule has 0 radical (unpaired) electrons. The summed E-state index contributed by atoms with van der Waals surface area (Å²) in [5.74, 6) is 0.942. The second-order valence-electron chi connectivity index (χ2n) is 6.26. The Morgan fingerprint density at radius 1 is 0.677 bits per heavy atom. The maximum absolute atomic E-state index is 12.6. The fourth-order valence-corrected chi connectivity index (χ4v) is 5.07. The Labute approximate surface area is 185 Å². The van der Waals surface area contributed by atoms with Crippen LogP contribution >= 0.6 is 11.6 Å². The van der Waals surface area contributed by atoms with Crippen molar-refractivity contribution >= 4 is 43.0 Å². The Bertz CT molecular complexity index is 1280. The molecule has 0 aliphatic rings. The van der Waals surface area contributed by atoms with Crippen molar-refractivity contribution in [3.8, 4) is 11.5 Å². The van der Waals surface area contributed by atoms with E-state index in [-0.39, 0.29) is 20.5 Å². The van der Waals surface area contributed by atoms with Gasteiger partial charge in [-0.05, 0) is 66.7 Å². The van der Waals surface area contributed by atoms with Crippen LogP contribution in [0.15, 0.2) is 76.5 Å². The van der Waals surface area contributed by atoms with Crippen molar-refractivity contribution in [2.75, 3.05) is 23.7 Å². The number of benzene rings is 3. The smallest absolute Gasteiger partial charge is 0.261 e. The molecule has 0 saturated carbocycles. The van der Waals surface area contributed by atoms with Crippen LogP contribution in [0, 0.1) is 0 Å². The topological polar surface area (TPSA) is 111 Å². The Morgan fingerprint density at radius 3 is 1.65 bits per heavy atom. The van der Waals surface area contributed by atoms with Crippen LogP contribution in [-0.4, -0.2) is 31.1 Å².